The largest absolute Gasteiger partial charge is 0.445 e. The second-order valence-electron chi connectivity index (χ2n) is 9.12. The van der Waals surface area contributed by atoms with Crippen LogP contribution in [0.15, 0.2) is 54.6 Å². The molecule has 146 valence electrons. The van der Waals surface area contributed by atoms with Crippen molar-refractivity contribution in [3.63, 3.8) is 0 Å². The Bertz CT molecular complexity index is 864. The Hall–Kier alpha value is -2.29. The second-order valence-corrected chi connectivity index (χ2v) is 9.12. The first-order chi connectivity index (χ1) is 13.6. The fourth-order valence-electron chi connectivity index (χ4n) is 6.47. The van der Waals surface area contributed by atoms with Crippen LogP contribution in [-0.2, 0) is 11.2 Å². The lowest BCUT2D eigenvalue weighted by atomic mass is 9.55. The van der Waals surface area contributed by atoms with Crippen molar-refractivity contribution in [1.29, 1.82) is 0 Å². The number of hydrogen-bond acceptors (Lipinski definition) is 2. The molecule has 5 rings (SSSR count). The van der Waals surface area contributed by atoms with Crippen LogP contribution >= 0.6 is 0 Å². The molecule has 1 N–H and O–H groups in total. The van der Waals surface area contributed by atoms with Gasteiger partial charge in [-0.05, 0) is 79.5 Å². The van der Waals surface area contributed by atoms with Crippen LogP contribution in [-0.4, -0.2) is 12.2 Å². The van der Waals surface area contributed by atoms with E-state index in [1.165, 1.54) is 25.7 Å². The normalized spacial score (nSPS) is 33.3. The molecule has 3 nitrogen and oxygen atoms in total. The van der Waals surface area contributed by atoms with Gasteiger partial charge in [0.15, 0.2) is 0 Å². The molecule has 0 radical (unpaired) electrons. The summed E-state index contributed by atoms with van der Waals surface area (Å²) in [5.41, 5.74) is 4.05. The lowest BCUT2D eigenvalue weighted by Crippen LogP contribution is -2.45. The van der Waals surface area contributed by atoms with Crippen LogP contribution in [0.4, 0.5) is 10.5 Å². The average molecular weight is 376 g/mol. The molecule has 0 saturated heterocycles. The van der Waals surface area contributed by atoms with Gasteiger partial charge in [-0.25, -0.2) is 4.79 Å². The first kappa shape index (κ1) is 17.8. The van der Waals surface area contributed by atoms with Crippen molar-refractivity contribution in [3.8, 4) is 0 Å². The van der Waals surface area contributed by atoms with E-state index < -0.39 is 0 Å². The summed E-state index contributed by atoms with van der Waals surface area (Å²) < 4.78 is 5.99. The van der Waals surface area contributed by atoms with E-state index in [-0.39, 0.29) is 17.6 Å². The van der Waals surface area contributed by atoms with Gasteiger partial charge < -0.3 is 4.74 Å². The van der Waals surface area contributed by atoms with Gasteiger partial charge in [0.1, 0.15) is 6.10 Å². The number of carbonyl (C=O) groups is 1. The predicted octanol–water partition coefficient (Wildman–Crippen LogP) is 6.16. The van der Waals surface area contributed by atoms with E-state index in [4.69, 9.17) is 4.74 Å². The quantitative estimate of drug-likeness (QED) is 0.682. The number of hydrogen-bond donors (Lipinski definition) is 1. The van der Waals surface area contributed by atoms with Crippen LogP contribution in [0.5, 0.6) is 0 Å². The van der Waals surface area contributed by atoms with Crippen molar-refractivity contribution in [2.45, 2.75) is 57.5 Å². The highest BCUT2D eigenvalue weighted by Crippen LogP contribution is 2.61. The SMILES string of the molecule is C[C@]12CC[C@@H]3c4ccccc4CC[C@H]3[C@@H]1CC[C@@H]2OC(=O)Nc1ccccc1. The van der Waals surface area contributed by atoms with Crippen molar-refractivity contribution >= 4 is 11.8 Å². The molecular weight excluding hydrogens is 346 g/mol. The standard InChI is InChI=1S/C25H29NO2/c1-25-16-15-20-19-10-6-5-7-17(19)11-12-21(20)22(25)13-14-23(25)28-24(27)26-18-8-3-2-4-9-18/h2-10,20-23H,11-16H2,1H3,(H,26,27)/t20-,21-,22+,23+,25+/m1/s1. The number of nitrogens with one attached hydrogen (secondary N) is 1. The highest BCUT2D eigenvalue weighted by atomic mass is 16.6. The van der Waals surface area contributed by atoms with Crippen molar-refractivity contribution in [2.24, 2.45) is 17.3 Å². The minimum atomic E-state index is -0.311. The third-order valence-electron chi connectivity index (χ3n) is 7.82. The summed E-state index contributed by atoms with van der Waals surface area (Å²) in [4.78, 5) is 12.5. The van der Waals surface area contributed by atoms with Crippen molar-refractivity contribution < 1.29 is 9.53 Å². The van der Waals surface area contributed by atoms with Gasteiger partial charge in [-0.15, -0.1) is 0 Å². The molecule has 0 unspecified atom stereocenters. The van der Waals surface area contributed by atoms with Crippen molar-refractivity contribution in [3.05, 3.63) is 65.7 Å². The number of ether oxygens (including phenoxy) is 1. The first-order valence-corrected chi connectivity index (χ1v) is 10.8. The zero-order valence-electron chi connectivity index (χ0n) is 16.6. The summed E-state index contributed by atoms with van der Waals surface area (Å²) in [7, 11) is 0. The Balaban J connectivity index is 1.31. The Morgan fingerprint density at radius 2 is 1.79 bits per heavy atom. The van der Waals surface area contributed by atoms with Crippen LogP contribution in [0.2, 0.25) is 0 Å². The molecule has 5 atom stereocenters. The summed E-state index contributed by atoms with van der Waals surface area (Å²) >= 11 is 0. The highest BCUT2D eigenvalue weighted by Gasteiger charge is 2.56. The van der Waals surface area contributed by atoms with Gasteiger partial charge >= 0.3 is 6.09 Å². The highest BCUT2D eigenvalue weighted by molar-refractivity contribution is 5.84. The lowest BCUT2D eigenvalue weighted by Gasteiger charge is -2.50. The van der Waals surface area contributed by atoms with E-state index in [1.54, 1.807) is 11.1 Å². The average Bonchev–Trinajstić information content (AvgIpc) is 3.05. The third kappa shape index (κ3) is 2.92. The van der Waals surface area contributed by atoms with E-state index in [1.807, 2.05) is 30.3 Å². The Labute approximate surface area is 167 Å². The van der Waals surface area contributed by atoms with Crippen molar-refractivity contribution in [1.82, 2.24) is 0 Å². The number of para-hydroxylation sites is 1. The van der Waals surface area contributed by atoms with Gasteiger partial charge in [-0.2, -0.15) is 0 Å². The summed E-state index contributed by atoms with van der Waals surface area (Å²) in [6.45, 7) is 2.38. The predicted molar refractivity (Wildman–Crippen MR) is 111 cm³/mol. The fraction of sp³-hybridized carbons (Fsp3) is 0.480. The molecule has 0 bridgehead atoms. The molecule has 28 heavy (non-hydrogen) atoms. The van der Waals surface area contributed by atoms with E-state index in [2.05, 4.69) is 36.5 Å². The number of anilines is 1. The Morgan fingerprint density at radius 3 is 2.64 bits per heavy atom. The Kier molecular flexibility index (Phi) is 4.41. The zero-order chi connectivity index (χ0) is 19.1. The topological polar surface area (TPSA) is 38.3 Å². The molecule has 3 heteroatoms. The number of carbonyl (C=O) groups excluding carboxylic acids is 1. The molecule has 0 aromatic heterocycles. The van der Waals surface area contributed by atoms with E-state index in [0.29, 0.717) is 11.8 Å². The molecular formula is C25H29NO2. The molecule has 0 aliphatic heterocycles. The number of fused-ring (bicyclic) bond motifs is 5. The first-order valence-electron chi connectivity index (χ1n) is 10.8. The van der Waals surface area contributed by atoms with Gasteiger partial charge in [-0.3, -0.25) is 5.32 Å². The minimum absolute atomic E-state index is 0.0272. The second kappa shape index (κ2) is 6.95. The minimum Gasteiger partial charge on any atom is -0.445 e. The van der Waals surface area contributed by atoms with E-state index >= 15 is 0 Å². The third-order valence-corrected chi connectivity index (χ3v) is 7.82. The van der Waals surface area contributed by atoms with E-state index in [0.717, 1.165) is 24.4 Å². The molecule has 3 aliphatic rings. The number of benzene rings is 2. The molecule has 0 spiro atoms. The number of rotatable bonds is 2. The van der Waals surface area contributed by atoms with Gasteiger partial charge in [0.05, 0.1) is 0 Å². The van der Waals surface area contributed by atoms with Crippen LogP contribution in [0.3, 0.4) is 0 Å². The van der Waals surface area contributed by atoms with Gasteiger partial charge in [0, 0.05) is 11.1 Å². The number of aryl methyl sites for hydroxylation is 1. The molecule has 3 aliphatic carbocycles. The van der Waals surface area contributed by atoms with Crippen LogP contribution in [0.1, 0.15) is 56.1 Å². The molecule has 0 heterocycles. The maximum Gasteiger partial charge on any atom is 0.411 e. The summed E-state index contributed by atoms with van der Waals surface area (Å²) in [5, 5.41) is 2.89. The monoisotopic (exact) mass is 375 g/mol. The summed E-state index contributed by atoms with van der Waals surface area (Å²) in [6, 6.07) is 18.6. The van der Waals surface area contributed by atoms with E-state index in [9.17, 15) is 4.79 Å². The molecule has 2 saturated carbocycles. The smallest absolute Gasteiger partial charge is 0.411 e. The Morgan fingerprint density at radius 1 is 1.00 bits per heavy atom. The van der Waals surface area contributed by atoms with Gasteiger partial charge in [0.25, 0.3) is 0 Å². The summed E-state index contributed by atoms with van der Waals surface area (Å²) in [5.74, 6) is 2.09. The molecule has 2 aromatic carbocycles. The van der Waals surface area contributed by atoms with Crippen LogP contribution < -0.4 is 5.32 Å². The van der Waals surface area contributed by atoms with Gasteiger partial charge in [-0.1, -0.05) is 49.4 Å². The molecule has 2 fully saturated rings. The molecule has 2 aromatic rings. The summed E-state index contributed by atoms with van der Waals surface area (Å²) in [6.07, 6.45) is 6.74. The maximum absolute atomic E-state index is 12.5. The number of amides is 1. The zero-order valence-corrected chi connectivity index (χ0v) is 16.6. The van der Waals surface area contributed by atoms with Crippen LogP contribution in [0, 0.1) is 17.3 Å². The molecule has 1 amide bonds. The van der Waals surface area contributed by atoms with Crippen LogP contribution in [0.25, 0.3) is 0 Å². The van der Waals surface area contributed by atoms with Gasteiger partial charge in [0.2, 0.25) is 0 Å². The maximum atomic E-state index is 12.5. The fourth-order valence-corrected chi connectivity index (χ4v) is 6.47. The lowest BCUT2D eigenvalue weighted by molar-refractivity contribution is -0.0278. The van der Waals surface area contributed by atoms with Crippen molar-refractivity contribution in [2.75, 3.05) is 5.32 Å².